The second-order valence-electron chi connectivity index (χ2n) is 4.15. The Morgan fingerprint density at radius 1 is 1.45 bits per heavy atom. The molecule has 0 aromatic rings. The lowest BCUT2D eigenvalue weighted by Gasteiger charge is -2.37. The van der Waals surface area contributed by atoms with E-state index in [2.05, 4.69) is 19.8 Å². The Labute approximate surface area is 68.8 Å². The van der Waals surface area contributed by atoms with Crippen LogP contribution < -0.4 is 0 Å². The van der Waals surface area contributed by atoms with Gasteiger partial charge in [-0.15, -0.1) is 12.3 Å². The van der Waals surface area contributed by atoms with Gasteiger partial charge in [0.15, 0.2) is 0 Å². The standard InChI is InChI=1S/C10H16O/c1-4-8-5-6-9(11)10(2,3)7-8/h1,8-9,11H,5-7H2,2-3H3. The minimum atomic E-state index is -0.160. The first-order chi connectivity index (χ1) is 5.06. The van der Waals surface area contributed by atoms with Gasteiger partial charge in [-0.05, 0) is 24.7 Å². The van der Waals surface area contributed by atoms with Crippen LogP contribution in [0.4, 0.5) is 0 Å². The smallest absolute Gasteiger partial charge is 0.0592 e. The summed E-state index contributed by atoms with van der Waals surface area (Å²) in [4.78, 5) is 0. The maximum absolute atomic E-state index is 9.58. The van der Waals surface area contributed by atoms with Gasteiger partial charge in [0.1, 0.15) is 0 Å². The predicted molar refractivity (Wildman–Crippen MR) is 46.0 cm³/mol. The molecule has 0 amide bonds. The molecule has 1 aliphatic carbocycles. The fraction of sp³-hybridized carbons (Fsp3) is 0.800. The van der Waals surface area contributed by atoms with Crippen molar-refractivity contribution < 1.29 is 5.11 Å². The molecule has 0 aliphatic heterocycles. The van der Waals surface area contributed by atoms with Crippen molar-refractivity contribution in [3.8, 4) is 12.3 Å². The van der Waals surface area contributed by atoms with E-state index >= 15 is 0 Å². The summed E-state index contributed by atoms with van der Waals surface area (Å²) in [5, 5.41) is 9.58. The molecule has 0 spiro atoms. The van der Waals surface area contributed by atoms with Crippen molar-refractivity contribution in [2.45, 2.75) is 39.2 Å². The summed E-state index contributed by atoms with van der Waals surface area (Å²) in [6.45, 7) is 4.17. The van der Waals surface area contributed by atoms with Gasteiger partial charge in [-0.1, -0.05) is 13.8 Å². The van der Waals surface area contributed by atoms with Gasteiger partial charge in [-0.2, -0.15) is 0 Å². The van der Waals surface area contributed by atoms with E-state index in [1.165, 1.54) is 0 Å². The second-order valence-corrected chi connectivity index (χ2v) is 4.15. The van der Waals surface area contributed by atoms with E-state index in [1.54, 1.807) is 0 Å². The Balaban J connectivity index is 2.61. The largest absolute Gasteiger partial charge is 0.393 e. The van der Waals surface area contributed by atoms with Gasteiger partial charge < -0.3 is 5.11 Å². The van der Waals surface area contributed by atoms with Crippen LogP contribution in [0.5, 0.6) is 0 Å². The number of aliphatic hydroxyl groups is 1. The SMILES string of the molecule is C#CC1CCC(O)C(C)(C)C1. The monoisotopic (exact) mass is 152 g/mol. The molecule has 0 radical (unpaired) electrons. The summed E-state index contributed by atoms with van der Waals surface area (Å²) in [7, 11) is 0. The van der Waals surface area contributed by atoms with Crippen LogP contribution in [0, 0.1) is 23.7 Å². The third-order valence-corrected chi connectivity index (χ3v) is 2.70. The van der Waals surface area contributed by atoms with Gasteiger partial charge in [-0.25, -0.2) is 0 Å². The molecule has 0 aromatic heterocycles. The highest BCUT2D eigenvalue weighted by molar-refractivity contribution is 5.00. The fourth-order valence-corrected chi connectivity index (χ4v) is 1.77. The van der Waals surface area contributed by atoms with Gasteiger partial charge in [0.25, 0.3) is 0 Å². The number of terminal acetylenes is 1. The van der Waals surface area contributed by atoms with Crippen molar-refractivity contribution in [3.63, 3.8) is 0 Å². The summed E-state index contributed by atoms with van der Waals surface area (Å²) in [5.41, 5.74) is 0.0231. The third kappa shape index (κ3) is 1.75. The molecule has 11 heavy (non-hydrogen) atoms. The number of hydrogen-bond acceptors (Lipinski definition) is 1. The van der Waals surface area contributed by atoms with Crippen LogP contribution in [0.3, 0.4) is 0 Å². The van der Waals surface area contributed by atoms with Gasteiger partial charge in [0.2, 0.25) is 0 Å². The topological polar surface area (TPSA) is 20.2 Å². The van der Waals surface area contributed by atoms with Crippen molar-refractivity contribution in [1.29, 1.82) is 0 Å². The molecule has 0 heterocycles. The summed E-state index contributed by atoms with van der Waals surface area (Å²) in [6.07, 6.45) is 7.99. The zero-order valence-corrected chi connectivity index (χ0v) is 7.30. The minimum absolute atomic E-state index is 0.0231. The third-order valence-electron chi connectivity index (χ3n) is 2.70. The van der Waals surface area contributed by atoms with E-state index in [1.807, 2.05) is 0 Å². The van der Waals surface area contributed by atoms with Gasteiger partial charge >= 0.3 is 0 Å². The van der Waals surface area contributed by atoms with Crippen molar-refractivity contribution in [2.24, 2.45) is 11.3 Å². The fourth-order valence-electron chi connectivity index (χ4n) is 1.77. The van der Waals surface area contributed by atoms with Crippen LogP contribution >= 0.6 is 0 Å². The van der Waals surface area contributed by atoms with Crippen LogP contribution in [0.1, 0.15) is 33.1 Å². The first-order valence-electron chi connectivity index (χ1n) is 4.20. The summed E-state index contributed by atoms with van der Waals surface area (Å²) in [5.74, 6) is 3.15. The molecular formula is C10H16O. The second kappa shape index (κ2) is 2.87. The number of hydrogen-bond donors (Lipinski definition) is 1. The molecule has 2 atom stereocenters. The zero-order chi connectivity index (χ0) is 8.48. The van der Waals surface area contributed by atoms with Crippen LogP contribution in [0.2, 0.25) is 0 Å². The maximum Gasteiger partial charge on any atom is 0.0592 e. The zero-order valence-electron chi connectivity index (χ0n) is 7.30. The van der Waals surface area contributed by atoms with E-state index in [0.29, 0.717) is 5.92 Å². The lowest BCUT2D eigenvalue weighted by atomic mass is 9.70. The van der Waals surface area contributed by atoms with Crippen LogP contribution in [-0.4, -0.2) is 11.2 Å². The Morgan fingerprint density at radius 3 is 2.55 bits per heavy atom. The van der Waals surface area contributed by atoms with Crippen molar-refractivity contribution in [3.05, 3.63) is 0 Å². The van der Waals surface area contributed by atoms with E-state index < -0.39 is 0 Å². The van der Waals surface area contributed by atoms with Crippen LogP contribution in [-0.2, 0) is 0 Å². The predicted octanol–water partition coefficient (Wildman–Crippen LogP) is 1.81. The number of aliphatic hydroxyl groups excluding tert-OH is 1. The quantitative estimate of drug-likeness (QED) is 0.525. The van der Waals surface area contributed by atoms with Crippen molar-refractivity contribution in [1.82, 2.24) is 0 Å². The molecule has 1 N–H and O–H groups in total. The minimum Gasteiger partial charge on any atom is -0.393 e. The molecule has 1 aliphatic rings. The van der Waals surface area contributed by atoms with E-state index in [0.717, 1.165) is 19.3 Å². The Hall–Kier alpha value is -0.480. The number of rotatable bonds is 0. The normalized spacial score (nSPS) is 36.2. The van der Waals surface area contributed by atoms with Crippen molar-refractivity contribution >= 4 is 0 Å². The highest BCUT2D eigenvalue weighted by atomic mass is 16.3. The first kappa shape index (κ1) is 8.62. The molecule has 1 rings (SSSR count). The Kier molecular flexibility index (Phi) is 2.25. The molecule has 1 nitrogen and oxygen atoms in total. The molecule has 0 saturated heterocycles. The summed E-state index contributed by atoms with van der Waals surface area (Å²) < 4.78 is 0. The first-order valence-corrected chi connectivity index (χ1v) is 4.20. The molecule has 62 valence electrons. The molecule has 0 aromatic carbocycles. The van der Waals surface area contributed by atoms with E-state index in [9.17, 15) is 5.11 Å². The summed E-state index contributed by atoms with van der Waals surface area (Å²) >= 11 is 0. The van der Waals surface area contributed by atoms with Crippen molar-refractivity contribution in [2.75, 3.05) is 0 Å². The van der Waals surface area contributed by atoms with Crippen LogP contribution in [0.15, 0.2) is 0 Å². The van der Waals surface area contributed by atoms with Gasteiger partial charge in [0.05, 0.1) is 6.10 Å². The van der Waals surface area contributed by atoms with E-state index in [4.69, 9.17) is 6.42 Å². The molecule has 1 saturated carbocycles. The summed E-state index contributed by atoms with van der Waals surface area (Å²) in [6, 6.07) is 0. The molecular weight excluding hydrogens is 136 g/mol. The highest BCUT2D eigenvalue weighted by Crippen LogP contribution is 2.38. The van der Waals surface area contributed by atoms with Gasteiger partial charge in [-0.3, -0.25) is 0 Å². The molecule has 1 fully saturated rings. The molecule has 0 bridgehead atoms. The molecule has 1 heteroatoms. The lowest BCUT2D eigenvalue weighted by Crippen LogP contribution is -2.35. The maximum atomic E-state index is 9.58. The Morgan fingerprint density at radius 2 is 2.09 bits per heavy atom. The Bertz CT molecular complexity index is 176. The average molecular weight is 152 g/mol. The van der Waals surface area contributed by atoms with E-state index in [-0.39, 0.29) is 11.5 Å². The highest BCUT2D eigenvalue weighted by Gasteiger charge is 2.34. The van der Waals surface area contributed by atoms with Crippen LogP contribution in [0.25, 0.3) is 0 Å². The lowest BCUT2D eigenvalue weighted by molar-refractivity contribution is 0.00218. The average Bonchev–Trinajstić information content (AvgIpc) is 1.95. The molecule has 2 unspecified atom stereocenters. The van der Waals surface area contributed by atoms with Gasteiger partial charge in [0, 0.05) is 5.92 Å².